The van der Waals surface area contributed by atoms with Gasteiger partial charge in [0, 0.05) is 12.6 Å². The third kappa shape index (κ3) is 4.77. The number of amides is 1. The van der Waals surface area contributed by atoms with Crippen LogP contribution >= 0.6 is 0 Å². The molecule has 16 heavy (non-hydrogen) atoms. The highest BCUT2D eigenvalue weighted by Crippen LogP contribution is 2.18. The quantitative estimate of drug-likeness (QED) is 0.542. The molecule has 0 aliphatic heterocycles. The zero-order valence-corrected chi connectivity index (χ0v) is 9.78. The highest BCUT2D eigenvalue weighted by atomic mass is 16.5. The van der Waals surface area contributed by atoms with Crippen LogP contribution in [-0.2, 0) is 9.53 Å². The molecule has 4 nitrogen and oxygen atoms in total. The smallest absolute Gasteiger partial charge is 0.246 e. The summed E-state index contributed by atoms with van der Waals surface area (Å²) in [6.07, 6.45) is 7.19. The van der Waals surface area contributed by atoms with Gasteiger partial charge in [-0.05, 0) is 12.8 Å². The van der Waals surface area contributed by atoms with Crippen molar-refractivity contribution in [2.75, 3.05) is 13.2 Å². The second-order valence-corrected chi connectivity index (χ2v) is 4.24. The number of hydrogen-bond donors (Lipinski definition) is 2. The average molecular weight is 226 g/mol. The second-order valence-electron chi connectivity index (χ2n) is 4.24. The molecule has 4 heteroatoms. The van der Waals surface area contributed by atoms with Crippen LogP contribution in [0.25, 0.3) is 0 Å². The summed E-state index contributed by atoms with van der Waals surface area (Å²) in [4.78, 5) is 11.3. The summed E-state index contributed by atoms with van der Waals surface area (Å²) in [5.74, 6) is -0.101. The molecule has 0 heterocycles. The van der Waals surface area contributed by atoms with Gasteiger partial charge in [0.15, 0.2) is 0 Å². The molecule has 0 bridgehead atoms. The molecule has 1 fully saturated rings. The predicted octanol–water partition coefficient (Wildman–Crippen LogP) is 0.965. The molecule has 1 aliphatic rings. The van der Waals surface area contributed by atoms with Crippen LogP contribution < -0.4 is 11.1 Å². The summed E-state index contributed by atoms with van der Waals surface area (Å²) in [5.41, 5.74) is 5.99. The lowest BCUT2D eigenvalue weighted by molar-refractivity contribution is -0.128. The average Bonchev–Trinajstić information content (AvgIpc) is 2.48. The van der Waals surface area contributed by atoms with Gasteiger partial charge in [0.25, 0.3) is 0 Å². The van der Waals surface area contributed by atoms with Crippen molar-refractivity contribution in [1.82, 2.24) is 5.32 Å². The van der Waals surface area contributed by atoms with Crippen molar-refractivity contribution in [3.8, 4) is 0 Å². The van der Waals surface area contributed by atoms with Crippen molar-refractivity contribution in [3.05, 3.63) is 12.7 Å². The molecular weight excluding hydrogens is 204 g/mol. The fourth-order valence-corrected chi connectivity index (χ4v) is 1.93. The summed E-state index contributed by atoms with van der Waals surface area (Å²) in [5, 5.41) is 2.68. The molecule has 0 spiro atoms. The molecule has 0 aromatic rings. The van der Waals surface area contributed by atoms with Crippen molar-refractivity contribution in [2.45, 2.75) is 44.2 Å². The molecule has 1 rings (SSSR count). The molecule has 0 radical (unpaired) electrons. The van der Waals surface area contributed by atoms with Gasteiger partial charge < -0.3 is 15.8 Å². The van der Waals surface area contributed by atoms with E-state index in [0.717, 1.165) is 19.3 Å². The SMILES string of the molecule is C=CCNC(=O)COC1CCCCCC1N. The number of ether oxygens (including phenoxy) is 1. The van der Waals surface area contributed by atoms with Crippen LogP contribution in [0.5, 0.6) is 0 Å². The third-order valence-corrected chi connectivity index (χ3v) is 2.88. The van der Waals surface area contributed by atoms with E-state index in [0.29, 0.717) is 6.54 Å². The topological polar surface area (TPSA) is 64.3 Å². The standard InChI is InChI=1S/C12H22N2O2/c1-2-8-14-12(15)9-16-11-7-5-3-4-6-10(11)13/h2,10-11H,1,3-9,13H2,(H,14,15). The van der Waals surface area contributed by atoms with Crippen LogP contribution in [0, 0.1) is 0 Å². The molecule has 0 saturated heterocycles. The second kappa shape index (κ2) is 7.41. The minimum Gasteiger partial charge on any atom is -0.367 e. The van der Waals surface area contributed by atoms with Crippen LogP contribution in [0.3, 0.4) is 0 Å². The van der Waals surface area contributed by atoms with E-state index < -0.39 is 0 Å². The van der Waals surface area contributed by atoms with Crippen molar-refractivity contribution < 1.29 is 9.53 Å². The molecule has 2 unspecified atom stereocenters. The first-order chi connectivity index (χ1) is 7.74. The Morgan fingerprint density at radius 2 is 2.19 bits per heavy atom. The van der Waals surface area contributed by atoms with E-state index in [1.807, 2.05) is 0 Å². The van der Waals surface area contributed by atoms with Crippen LogP contribution in [0.4, 0.5) is 0 Å². The van der Waals surface area contributed by atoms with Gasteiger partial charge in [0.05, 0.1) is 6.10 Å². The Morgan fingerprint density at radius 3 is 2.94 bits per heavy atom. The van der Waals surface area contributed by atoms with Gasteiger partial charge in [0.2, 0.25) is 5.91 Å². The Balaban J connectivity index is 2.23. The minimum absolute atomic E-state index is 0.0389. The molecule has 3 N–H and O–H groups in total. The third-order valence-electron chi connectivity index (χ3n) is 2.88. The summed E-state index contributed by atoms with van der Waals surface area (Å²) >= 11 is 0. The summed E-state index contributed by atoms with van der Waals surface area (Å²) in [6, 6.07) is 0.0784. The van der Waals surface area contributed by atoms with Gasteiger partial charge in [-0.25, -0.2) is 0 Å². The molecule has 2 atom stereocenters. The fourth-order valence-electron chi connectivity index (χ4n) is 1.93. The Bertz CT molecular complexity index is 231. The predicted molar refractivity (Wildman–Crippen MR) is 64.0 cm³/mol. The Morgan fingerprint density at radius 1 is 1.44 bits per heavy atom. The molecule has 0 aromatic heterocycles. The lowest BCUT2D eigenvalue weighted by atomic mass is 10.1. The summed E-state index contributed by atoms with van der Waals surface area (Å²) < 4.78 is 5.56. The number of carbonyl (C=O) groups excluding carboxylic acids is 1. The molecule has 0 aromatic carbocycles. The number of nitrogens with one attached hydrogen (secondary N) is 1. The molecule has 1 saturated carbocycles. The van der Waals surface area contributed by atoms with Crippen molar-refractivity contribution >= 4 is 5.91 Å². The van der Waals surface area contributed by atoms with Crippen LogP contribution in [0.2, 0.25) is 0 Å². The summed E-state index contributed by atoms with van der Waals surface area (Å²) in [7, 11) is 0. The first-order valence-corrected chi connectivity index (χ1v) is 5.99. The molecular formula is C12H22N2O2. The van der Waals surface area contributed by atoms with Crippen molar-refractivity contribution in [1.29, 1.82) is 0 Å². The molecule has 1 aliphatic carbocycles. The Labute approximate surface area is 97.2 Å². The number of rotatable bonds is 5. The minimum atomic E-state index is -0.101. The maximum Gasteiger partial charge on any atom is 0.246 e. The normalized spacial score (nSPS) is 25.8. The van der Waals surface area contributed by atoms with E-state index in [9.17, 15) is 4.79 Å². The van der Waals surface area contributed by atoms with Crippen molar-refractivity contribution in [3.63, 3.8) is 0 Å². The molecule has 1 amide bonds. The van der Waals surface area contributed by atoms with E-state index in [2.05, 4.69) is 11.9 Å². The van der Waals surface area contributed by atoms with E-state index in [1.54, 1.807) is 6.08 Å². The zero-order valence-electron chi connectivity index (χ0n) is 9.78. The lowest BCUT2D eigenvalue weighted by Crippen LogP contribution is -2.38. The first-order valence-electron chi connectivity index (χ1n) is 5.99. The van der Waals surface area contributed by atoms with Gasteiger partial charge in [-0.15, -0.1) is 6.58 Å². The van der Waals surface area contributed by atoms with E-state index in [1.165, 1.54) is 12.8 Å². The monoisotopic (exact) mass is 226 g/mol. The fraction of sp³-hybridized carbons (Fsp3) is 0.750. The van der Waals surface area contributed by atoms with Gasteiger partial charge in [0.1, 0.15) is 6.61 Å². The van der Waals surface area contributed by atoms with Crippen LogP contribution in [0.15, 0.2) is 12.7 Å². The highest BCUT2D eigenvalue weighted by Gasteiger charge is 2.21. The van der Waals surface area contributed by atoms with Gasteiger partial charge in [-0.3, -0.25) is 4.79 Å². The zero-order chi connectivity index (χ0) is 11.8. The van der Waals surface area contributed by atoms with Crippen molar-refractivity contribution in [2.24, 2.45) is 5.73 Å². The largest absolute Gasteiger partial charge is 0.367 e. The maximum absolute atomic E-state index is 11.3. The van der Waals surface area contributed by atoms with Crippen LogP contribution in [0.1, 0.15) is 32.1 Å². The van der Waals surface area contributed by atoms with Gasteiger partial charge in [-0.2, -0.15) is 0 Å². The van der Waals surface area contributed by atoms with E-state index in [-0.39, 0.29) is 24.7 Å². The van der Waals surface area contributed by atoms with Gasteiger partial charge in [-0.1, -0.05) is 25.3 Å². The summed E-state index contributed by atoms with van der Waals surface area (Å²) in [6.45, 7) is 4.12. The van der Waals surface area contributed by atoms with Gasteiger partial charge >= 0.3 is 0 Å². The van der Waals surface area contributed by atoms with E-state index >= 15 is 0 Å². The highest BCUT2D eigenvalue weighted by molar-refractivity contribution is 5.77. The Kier molecular flexibility index (Phi) is 6.11. The number of nitrogens with two attached hydrogens (primary N) is 1. The van der Waals surface area contributed by atoms with Crippen LogP contribution in [-0.4, -0.2) is 31.2 Å². The molecule has 92 valence electrons. The maximum atomic E-state index is 11.3. The first kappa shape index (κ1) is 13.2. The van der Waals surface area contributed by atoms with E-state index in [4.69, 9.17) is 10.5 Å². The number of carbonyl (C=O) groups is 1. The number of hydrogen-bond acceptors (Lipinski definition) is 3. The lowest BCUT2D eigenvalue weighted by Gasteiger charge is -2.21. The Hall–Kier alpha value is -0.870.